The van der Waals surface area contributed by atoms with E-state index in [9.17, 15) is 9.50 Å². The topological polar surface area (TPSA) is 75.9 Å². The van der Waals surface area contributed by atoms with Gasteiger partial charge in [-0.3, -0.25) is 0 Å². The number of benzene rings is 1. The molecule has 148 valence electrons. The molecular formula is C22H22FN5O. The zero-order valence-electron chi connectivity index (χ0n) is 16.1. The first-order chi connectivity index (χ1) is 14.0. The maximum Gasteiger partial charge on any atom is 0.137 e. The molecule has 2 aliphatic rings. The van der Waals surface area contributed by atoms with Crippen molar-refractivity contribution in [1.82, 2.24) is 25.1 Å². The minimum Gasteiger partial charge on any atom is -0.507 e. The van der Waals surface area contributed by atoms with Gasteiger partial charge in [-0.2, -0.15) is 5.10 Å². The van der Waals surface area contributed by atoms with Gasteiger partial charge < -0.3 is 15.0 Å². The molecule has 5 rings (SSSR count). The predicted molar refractivity (Wildman–Crippen MR) is 108 cm³/mol. The summed E-state index contributed by atoms with van der Waals surface area (Å²) in [7, 11) is 0. The first kappa shape index (κ1) is 18.0. The standard InChI is InChI=1S/C22H22FN5O/c1-22-7-6-19(25-22)21(23)14(12-22)10-15-2-5-18(27-26-15)17-4-3-16(11-20(17)29)28-9-8-24-13-28/h2-5,8-11,13,19,21,25,29H,6-7,12H2,1H3/b14-10-/t19-,21+,22+/m1/s1. The summed E-state index contributed by atoms with van der Waals surface area (Å²) in [5.74, 6) is 0.114. The monoisotopic (exact) mass is 391 g/mol. The highest BCUT2D eigenvalue weighted by molar-refractivity contribution is 5.69. The molecule has 6 nitrogen and oxygen atoms in total. The normalized spacial score (nSPS) is 27.4. The number of piperidine rings is 1. The molecule has 2 aromatic heterocycles. The minimum atomic E-state index is -0.980. The quantitative estimate of drug-likeness (QED) is 0.713. The number of aromatic nitrogens is 4. The number of nitrogens with zero attached hydrogens (tertiary/aromatic N) is 4. The fourth-order valence-corrected chi connectivity index (χ4v) is 4.42. The number of rotatable bonds is 3. The molecule has 2 fully saturated rings. The molecule has 0 amide bonds. The van der Waals surface area contributed by atoms with Gasteiger partial charge in [0.25, 0.3) is 0 Å². The van der Waals surface area contributed by atoms with Gasteiger partial charge in [0.05, 0.1) is 23.4 Å². The van der Waals surface area contributed by atoms with Gasteiger partial charge in [-0.1, -0.05) is 0 Å². The van der Waals surface area contributed by atoms with Crippen LogP contribution in [-0.2, 0) is 0 Å². The molecule has 2 N–H and O–H groups in total. The number of aromatic hydroxyl groups is 1. The predicted octanol–water partition coefficient (Wildman–Crippen LogP) is 3.67. The fourth-order valence-electron chi connectivity index (χ4n) is 4.42. The Hall–Kier alpha value is -3.06. The van der Waals surface area contributed by atoms with Crippen molar-refractivity contribution in [2.75, 3.05) is 0 Å². The second kappa shape index (κ2) is 6.77. The number of phenolic OH excluding ortho intramolecular Hbond substituents is 1. The molecule has 1 aromatic carbocycles. The van der Waals surface area contributed by atoms with Crippen molar-refractivity contribution in [3.63, 3.8) is 0 Å². The highest BCUT2D eigenvalue weighted by atomic mass is 19.1. The van der Waals surface area contributed by atoms with Crippen LogP contribution in [0.25, 0.3) is 23.0 Å². The van der Waals surface area contributed by atoms with Gasteiger partial charge in [-0.25, -0.2) is 9.37 Å². The largest absolute Gasteiger partial charge is 0.507 e. The van der Waals surface area contributed by atoms with Crippen molar-refractivity contribution in [3.8, 4) is 22.7 Å². The van der Waals surface area contributed by atoms with Crippen molar-refractivity contribution in [3.05, 3.63) is 60.3 Å². The Morgan fingerprint density at radius 2 is 2.17 bits per heavy atom. The summed E-state index contributed by atoms with van der Waals surface area (Å²) in [6.07, 6.45) is 8.55. The Balaban J connectivity index is 1.39. The van der Waals surface area contributed by atoms with Gasteiger partial charge in [0.15, 0.2) is 0 Å². The first-order valence-corrected chi connectivity index (χ1v) is 9.78. The maximum absolute atomic E-state index is 14.7. The van der Waals surface area contributed by atoms with E-state index < -0.39 is 6.17 Å². The highest BCUT2D eigenvalue weighted by Gasteiger charge is 2.45. The van der Waals surface area contributed by atoms with Crippen LogP contribution in [0.3, 0.4) is 0 Å². The van der Waals surface area contributed by atoms with Crippen LogP contribution in [0.4, 0.5) is 4.39 Å². The van der Waals surface area contributed by atoms with Crippen molar-refractivity contribution >= 4 is 6.08 Å². The summed E-state index contributed by atoms with van der Waals surface area (Å²) in [5, 5.41) is 22.3. The average molecular weight is 391 g/mol. The van der Waals surface area contributed by atoms with Crippen LogP contribution in [0, 0.1) is 0 Å². The Bertz CT molecular complexity index is 1060. The van der Waals surface area contributed by atoms with Crippen molar-refractivity contribution in [2.24, 2.45) is 0 Å². The van der Waals surface area contributed by atoms with E-state index in [1.54, 1.807) is 30.7 Å². The molecule has 4 heterocycles. The molecule has 29 heavy (non-hydrogen) atoms. The van der Waals surface area contributed by atoms with Gasteiger partial charge in [0, 0.05) is 35.6 Å². The summed E-state index contributed by atoms with van der Waals surface area (Å²) in [6.45, 7) is 2.15. The van der Waals surface area contributed by atoms with Crippen LogP contribution in [0.1, 0.15) is 31.9 Å². The Kier molecular flexibility index (Phi) is 4.20. The van der Waals surface area contributed by atoms with Crippen molar-refractivity contribution in [1.29, 1.82) is 0 Å². The van der Waals surface area contributed by atoms with E-state index in [2.05, 4.69) is 27.4 Å². The summed E-state index contributed by atoms with van der Waals surface area (Å²) in [6, 6.07) is 8.86. The van der Waals surface area contributed by atoms with Gasteiger partial charge in [-0.15, -0.1) is 5.10 Å². The second-order valence-electron chi connectivity index (χ2n) is 8.16. The van der Waals surface area contributed by atoms with Crippen LogP contribution < -0.4 is 5.32 Å². The number of phenols is 1. The third-order valence-corrected chi connectivity index (χ3v) is 5.92. The number of hydrogen-bond donors (Lipinski definition) is 2. The van der Waals surface area contributed by atoms with Gasteiger partial charge in [-0.05, 0) is 62.1 Å². The number of alkyl halides is 1. The first-order valence-electron chi connectivity index (χ1n) is 9.78. The Labute approximate surface area is 168 Å². The minimum absolute atomic E-state index is 0.0186. The van der Waals surface area contributed by atoms with E-state index in [0.717, 1.165) is 24.1 Å². The van der Waals surface area contributed by atoms with Crippen LogP contribution in [0.15, 0.2) is 54.6 Å². The maximum atomic E-state index is 14.7. The van der Waals surface area contributed by atoms with E-state index in [-0.39, 0.29) is 17.3 Å². The Morgan fingerprint density at radius 1 is 1.28 bits per heavy atom. The molecule has 0 spiro atoms. The lowest BCUT2D eigenvalue weighted by Crippen LogP contribution is -2.50. The molecule has 7 heteroatoms. The molecule has 2 saturated heterocycles. The third-order valence-electron chi connectivity index (χ3n) is 5.92. The molecular weight excluding hydrogens is 369 g/mol. The molecule has 0 aliphatic carbocycles. The second-order valence-corrected chi connectivity index (χ2v) is 8.16. The van der Waals surface area contributed by atoms with Crippen LogP contribution >= 0.6 is 0 Å². The van der Waals surface area contributed by atoms with E-state index in [0.29, 0.717) is 23.4 Å². The van der Waals surface area contributed by atoms with Crippen molar-refractivity contribution in [2.45, 2.75) is 43.9 Å². The number of nitrogens with one attached hydrogen (secondary N) is 1. The number of halogens is 1. The third kappa shape index (κ3) is 3.31. The van der Waals surface area contributed by atoms with Gasteiger partial charge >= 0.3 is 0 Å². The summed E-state index contributed by atoms with van der Waals surface area (Å²) < 4.78 is 16.5. The van der Waals surface area contributed by atoms with Crippen LogP contribution in [0.5, 0.6) is 5.75 Å². The SMILES string of the molecule is C[C@@]12CC[C@@H](N1)[C@@H](F)/C(=C\c1ccc(-c3ccc(-n4ccnc4)cc3O)nn1)C2. The van der Waals surface area contributed by atoms with E-state index in [1.807, 2.05) is 29.0 Å². The molecule has 3 aromatic rings. The molecule has 0 unspecified atom stereocenters. The number of fused-ring (bicyclic) bond motifs is 2. The molecule has 2 aliphatic heterocycles. The number of imidazole rings is 1. The lowest BCUT2D eigenvalue weighted by molar-refractivity contribution is 0.234. The van der Waals surface area contributed by atoms with Gasteiger partial charge in [0.2, 0.25) is 0 Å². The zero-order chi connectivity index (χ0) is 20.0. The van der Waals surface area contributed by atoms with Crippen molar-refractivity contribution < 1.29 is 9.50 Å². The highest BCUT2D eigenvalue weighted by Crippen LogP contribution is 2.40. The molecule has 2 bridgehead atoms. The lowest BCUT2D eigenvalue weighted by atomic mass is 9.87. The van der Waals surface area contributed by atoms with Crippen LogP contribution in [-0.4, -0.2) is 42.6 Å². The molecule has 0 saturated carbocycles. The fraction of sp³-hybridized carbons (Fsp3) is 0.318. The molecule has 3 atom stereocenters. The smallest absolute Gasteiger partial charge is 0.137 e. The summed E-state index contributed by atoms with van der Waals surface area (Å²) in [4.78, 5) is 4.01. The van der Waals surface area contributed by atoms with Gasteiger partial charge in [0.1, 0.15) is 11.9 Å². The lowest BCUT2D eigenvalue weighted by Gasteiger charge is -2.35. The van der Waals surface area contributed by atoms with E-state index >= 15 is 0 Å². The Morgan fingerprint density at radius 3 is 2.90 bits per heavy atom. The summed E-state index contributed by atoms with van der Waals surface area (Å²) >= 11 is 0. The molecule has 0 radical (unpaired) electrons. The number of hydrogen-bond acceptors (Lipinski definition) is 5. The zero-order valence-corrected chi connectivity index (χ0v) is 16.1. The van der Waals surface area contributed by atoms with E-state index in [1.165, 1.54) is 0 Å². The summed E-state index contributed by atoms with van der Waals surface area (Å²) in [5.41, 5.74) is 3.36. The average Bonchev–Trinajstić information content (AvgIpc) is 3.36. The van der Waals surface area contributed by atoms with Crippen LogP contribution in [0.2, 0.25) is 0 Å². The van der Waals surface area contributed by atoms with E-state index in [4.69, 9.17) is 0 Å².